The first-order valence-electron chi connectivity index (χ1n) is 3.97. The number of hydrogen-bond acceptors (Lipinski definition) is 2. The lowest BCUT2D eigenvalue weighted by atomic mass is 10.3. The molecule has 1 rings (SSSR count). The molecular formula is C10H9ClO3. The van der Waals surface area contributed by atoms with Crippen LogP contribution in [0.2, 0.25) is 5.02 Å². The van der Waals surface area contributed by atoms with E-state index >= 15 is 0 Å². The van der Waals surface area contributed by atoms with Gasteiger partial charge in [-0.1, -0.05) is 23.7 Å². The lowest BCUT2D eigenvalue weighted by Crippen LogP contribution is -1.95. The molecule has 0 radical (unpaired) electrons. The summed E-state index contributed by atoms with van der Waals surface area (Å²) in [4.78, 5) is 10.1. The molecule has 1 aromatic rings. The maximum atomic E-state index is 10.1. The van der Waals surface area contributed by atoms with Crippen LogP contribution in [0.4, 0.5) is 0 Å². The second-order valence-corrected chi connectivity index (χ2v) is 2.89. The van der Waals surface area contributed by atoms with Crippen molar-refractivity contribution < 1.29 is 14.6 Å². The van der Waals surface area contributed by atoms with Crippen molar-refractivity contribution >= 4 is 17.6 Å². The largest absolute Gasteiger partial charge is 0.488 e. The van der Waals surface area contributed by atoms with E-state index in [0.29, 0.717) is 10.8 Å². The fraction of sp³-hybridized carbons (Fsp3) is 0.100. The molecule has 0 spiro atoms. The fourth-order valence-electron chi connectivity index (χ4n) is 0.849. The third kappa shape index (κ3) is 3.49. The van der Waals surface area contributed by atoms with E-state index in [4.69, 9.17) is 21.4 Å². The highest BCUT2D eigenvalue weighted by Gasteiger charge is 1.97. The average molecular weight is 213 g/mol. The predicted molar refractivity (Wildman–Crippen MR) is 53.7 cm³/mol. The van der Waals surface area contributed by atoms with Crippen molar-refractivity contribution in [3.63, 3.8) is 0 Å². The van der Waals surface area contributed by atoms with Crippen LogP contribution in [0.3, 0.4) is 0 Å². The molecule has 1 N–H and O–H groups in total. The first-order chi connectivity index (χ1) is 6.70. The molecule has 0 saturated carbocycles. The summed E-state index contributed by atoms with van der Waals surface area (Å²) in [6.45, 7) is 0.191. The van der Waals surface area contributed by atoms with Gasteiger partial charge in [0.25, 0.3) is 0 Å². The van der Waals surface area contributed by atoms with E-state index in [-0.39, 0.29) is 6.61 Å². The number of carboxylic acid groups (broad SMARTS) is 1. The molecule has 4 heteroatoms. The Balaban J connectivity index is 2.46. The summed E-state index contributed by atoms with van der Waals surface area (Å²) in [5, 5.41) is 8.81. The maximum Gasteiger partial charge on any atom is 0.328 e. The number of carboxylic acids is 1. The van der Waals surface area contributed by atoms with Crippen LogP contribution < -0.4 is 4.74 Å². The van der Waals surface area contributed by atoms with Gasteiger partial charge in [-0.2, -0.15) is 0 Å². The number of para-hydroxylation sites is 1. The summed E-state index contributed by atoms with van der Waals surface area (Å²) in [6, 6.07) is 7.01. The monoisotopic (exact) mass is 212 g/mol. The van der Waals surface area contributed by atoms with E-state index in [0.717, 1.165) is 6.08 Å². The second-order valence-electron chi connectivity index (χ2n) is 2.48. The highest BCUT2D eigenvalue weighted by atomic mass is 35.5. The minimum absolute atomic E-state index is 0.191. The summed E-state index contributed by atoms with van der Waals surface area (Å²) in [7, 11) is 0. The van der Waals surface area contributed by atoms with Crippen LogP contribution in [0.5, 0.6) is 5.75 Å². The number of carbonyl (C=O) groups is 1. The first-order valence-corrected chi connectivity index (χ1v) is 4.35. The van der Waals surface area contributed by atoms with Gasteiger partial charge in [0.05, 0.1) is 5.02 Å². The third-order valence-corrected chi connectivity index (χ3v) is 1.74. The summed E-state index contributed by atoms with van der Waals surface area (Å²) >= 11 is 5.80. The van der Waals surface area contributed by atoms with Crippen molar-refractivity contribution in [2.75, 3.05) is 6.61 Å². The summed E-state index contributed by atoms with van der Waals surface area (Å²) in [5.41, 5.74) is 0. The van der Waals surface area contributed by atoms with Crippen molar-refractivity contribution in [3.05, 3.63) is 41.4 Å². The Morgan fingerprint density at radius 2 is 2.21 bits per heavy atom. The topological polar surface area (TPSA) is 46.5 Å². The zero-order valence-electron chi connectivity index (χ0n) is 7.31. The van der Waals surface area contributed by atoms with E-state index < -0.39 is 5.97 Å². The Morgan fingerprint density at radius 3 is 2.86 bits per heavy atom. The molecule has 3 nitrogen and oxygen atoms in total. The van der Waals surface area contributed by atoms with E-state index in [1.54, 1.807) is 24.3 Å². The Labute approximate surface area is 86.6 Å². The van der Waals surface area contributed by atoms with Gasteiger partial charge >= 0.3 is 5.97 Å². The summed E-state index contributed by atoms with van der Waals surface area (Å²) in [5.74, 6) is -0.447. The van der Waals surface area contributed by atoms with Crippen LogP contribution in [-0.2, 0) is 4.79 Å². The van der Waals surface area contributed by atoms with Crippen LogP contribution >= 0.6 is 11.6 Å². The van der Waals surface area contributed by atoms with Crippen LogP contribution in [0, 0.1) is 0 Å². The van der Waals surface area contributed by atoms with Crippen LogP contribution in [0.25, 0.3) is 0 Å². The average Bonchev–Trinajstić information content (AvgIpc) is 2.15. The molecule has 0 fully saturated rings. The zero-order chi connectivity index (χ0) is 10.4. The van der Waals surface area contributed by atoms with Gasteiger partial charge in [0.2, 0.25) is 0 Å². The number of benzene rings is 1. The molecule has 0 unspecified atom stereocenters. The van der Waals surface area contributed by atoms with E-state index in [2.05, 4.69) is 0 Å². The molecule has 0 atom stereocenters. The molecule has 1 aromatic carbocycles. The van der Waals surface area contributed by atoms with Gasteiger partial charge in [-0.15, -0.1) is 0 Å². The van der Waals surface area contributed by atoms with Gasteiger partial charge < -0.3 is 9.84 Å². The first kappa shape index (κ1) is 10.6. The van der Waals surface area contributed by atoms with Crippen molar-refractivity contribution in [2.24, 2.45) is 0 Å². The van der Waals surface area contributed by atoms with Gasteiger partial charge in [0.15, 0.2) is 0 Å². The van der Waals surface area contributed by atoms with Crippen LogP contribution in [0.1, 0.15) is 0 Å². The van der Waals surface area contributed by atoms with E-state index in [1.807, 2.05) is 0 Å². The lowest BCUT2D eigenvalue weighted by Gasteiger charge is -2.03. The molecule has 0 aliphatic heterocycles. The maximum absolute atomic E-state index is 10.1. The quantitative estimate of drug-likeness (QED) is 0.780. The third-order valence-electron chi connectivity index (χ3n) is 1.43. The van der Waals surface area contributed by atoms with Crippen LogP contribution in [0.15, 0.2) is 36.4 Å². The molecular weight excluding hydrogens is 204 g/mol. The molecule has 0 bridgehead atoms. The molecule has 74 valence electrons. The van der Waals surface area contributed by atoms with Crippen molar-refractivity contribution in [3.8, 4) is 5.75 Å². The molecule has 0 aliphatic carbocycles. The molecule has 0 aliphatic rings. The van der Waals surface area contributed by atoms with Gasteiger partial charge in [0, 0.05) is 6.08 Å². The lowest BCUT2D eigenvalue weighted by molar-refractivity contribution is -0.131. The fourth-order valence-corrected chi connectivity index (χ4v) is 1.04. The van der Waals surface area contributed by atoms with Gasteiger partial charge in [-0.25, -0.2) is 4.79 Å². The van der Waals surface area contributed by atoms with E-state index in [1.165, 1.54) is 6.08 Å². The zero-order valence-corrected chi connectivity index (χ0v) is 8.07. The molecule has 0 aromatic heterocycles. The Morgan fingerprint density at radius 1 is 1.50 bits per heavy atom. The van der Waals surface area contributed by atoms with Crippen LogP contribution in [-0.4, -0.2) is 17.7 Å². The van der Waals surface area contributed by atoms with Gasteiger partial charge in [-0.05, 0) is 18.2 Å². The number of rotatable bonds is 4. The second kappa shape index (κ2) is 5.29. The number of aliphatic carboxylic acids is 1. The van der Waals surface area contributed by atoms with Gasteiger partial charge in [-0.3, -0.25) is 0 Å². The standard InChI is InChI=1S/C10H9ClO3/c11-8-4-1-2-5-9(8)14-7-3-6-10(12)13/h1-6H,7H2,(H,12,13)/b6-3+. The number of hydrogen-bond donors (Lipinski definition) is 1. The molecule has 0 amide bonds. The Kier molecular flexibility index (Phi) is 4.01. The smallest absolute Gasteiger partial charge is 0.328 e. The normalized spacial score (nSPS) is 10.4. The highest BCUT2D eigenvalue weighted by molar-refractivity contribution is 6.32. The minimum atomic E-state index is -0.993. The molecule has 14 heavy (non-hydrogen) atoms. The Hall–Kier alpha value is -1.48. The SMILES string of the molecule is O=C(O)/C=C/COc1ccccc1Cl. The van der Waals surface area contributed by atoms with Crippen molar-refractivity contribution in [2.45, 2.75) is 0 Å². The van der Waals surface area contributed by atoms with E-state index in [9.17, 15) is 4.79 Å². The number of ether oxygens (including phenoxy) is 1. The highest BCUT2D eigenvalue weighted by Crippen LogP contribution is 2.22. The number of halogens is 1. The van der Waals surface area contributed by atoms with Crippen molar-refractivity contribution in [1.82, 2.24) is 0 Å². The molecule has 0 saturated heterocycles. The summed E-state index contributed by atoms with van der Waals surface area (Å²) < 4.78 is 5.21. The Bertz CT molecular complexity index is 347. The van der Waals surface area contributed by atoms with Crippen molar-refractivity contribution in [1.29, 1.82) is 0 Å². The molecule has 0 heterocycles. The van der Waals surface area contributed by atoms with Gasteiger partial charge in [0.1, 0.15) is 12.4 Å². The predicted octanol–water partition coefficient (Wildman–Crippen LogP) is 2.36. The summed E-state index contributed by atoms with van der Waals surface area (Å²) in [6.07, 6.45) is 2.43. The minimum Gasteiger partial charge on any atom is -0.488 e.